The predicted octanol–water partition coefficient (Wildman–Crippen LogP) is 6.03. The zero-order valence-electron chi connectivity index (χ0n) is 14.6. The number of benzene rings is 1. The van der Waals surface area contributed by atoms with Crippen molar-refractivity contribution in [1.82, 2.24) is 0 Å². The van der Waals surface area contributed by atoms with Crippen LogP contribution in [0, 0.1) is 0 Å². The predicted molar refractivity (Wildman–Crippen MR) is 108 cm³/mol. The maximum atomic E-state index is 8.63. The van der Waals surface area contributed by atoms with Gasteiger partial charge in [-0.05, 0) is 19.1 Å². The van der Waals surface area contributed by atoms with E-state index < -0.39 is 8.80 Å². The van der Waals surface area contributed by atoms with Gasteiger partial charge in [-0.2, -0.15) is 25.3 Å². The van der Waals surface area contributed by atoms with Gasteiger partial charge in [0, 0.05) is 13.4 Å². The number of aromatic hydroxyl groups is 1. The maximum Gasteiger partial charge on any atom is 0.115 e. The molecule has 0 fully saturated rings. The highest BCUT2D eigenvalue weighted by Gasteiger charge is 2.22. The minimum Gasteiger partial charge on any atom is -0.508 e. The highest BCUT2D eigenvalue weighted by molar-refractivity contribution is 7.99. The van der Waals surface area contributed by atoms with Gasteiger partial charge in [0.1, 0.15) is 5.75 Å². The van der Waals surface area contributed by atoms with Crippen LogP contribution in [0.4, 0.5) is 0 Å². The van der Waals surface area contributed by atoms with Crippen molar-refractivity contribution in [2.45, 2.75) is 69.7 Å². The second-order valence-electron chi connectivity index (χ2n) is 6.28. The Morgan fingerprint density at radius 3 is 1.14 bits per heavy atom. The van der Waals surface area contributed by atoms with Crippen LogP contribution in [0.15, 0.2) is 30.3 Å². The van der Waals surface area contributed by atoms with E-state index in [1.165, 1.54) is 0 Å². The van der Waals surface area contributed by atoms with Crippen LogP contribution >= 0.6 is 25.3 Å². The molecule has 0 aliphatic carbocycles. The first-order valence-corrected chi connectivity index (χ1v) is 10.7. The van der Waals surface area contributed by atoms with E-state index in [1.807, 2.05) is 13.0 Å². The van der Waals surface area contributed by atoms with Crippen molar-refractivity contribution in [3.63, 3.8) is 0 Å². The molecule has 0 aromatic heterocycles. The lowest BCUT2D eigenvalue weighted by Crippen LogP contribution is -2.24. The lowest BCUT2D eigenvalue weighted by Gasteiger charge is -2.26. The molecule has 0 spiro atoms. The van der Waals surface area contributed by atoms with E-state index in [1.54, 1.807) is 24.3 Å². The summed E-state index contributed by atoms with van der Waals surface area (Å²) in [4.78, 5) is 0. The Bertz CT molecular complexity index is 305. The Hall–Kier alpha value is -0.0631. The monoisotopic (exact) mass is 346 g/mol. The van der Waals surface area contributed by atoms with Crippen LogP contribution in [0.3, 0.4) is 0 Å². The van der Waals surface area contributed by atoms with Crippen molar-refractivity contribution in [1.29, 1.82) is 0 Å². The van der Waals surface area contributed by atoms with Crippen LogP contribution in [-0.2, 0) is 0 Å². The van der Waals surface area contributed by atoms with Gasteiger partial charge < -0.3 is 5.11 Å². The van der Waals surface area contributed by atoms with Gasteiger partial charge in [0.05, 0.1) is 0 Å². The lowest BCUT2D eigenvalue weighted by atomic mass is 10.3. The SMILES string of the molecule is CC(C)[SiH](C(C)C)C(C)C.CC(S)S.Oc1ccccc1. The number of hydrogen-bond acceptors (Lipinski definition) is 3. The average Bonchev–Trinajstić information content (AvgIpc) is 2.27. The molecule has 4 heteroatoms. The maximum absolute atomic E-state index is 8.63. The summed E-state index contributed by atoms with van der Waals surface area (Å²) in [5.41, 5.74) is 2.92. The number of rotatable bonds is 3. The molecule has 1 aromatic carbocycles. The fraction of sp³-hybridized carbons (Fsp3) is 0.647. The third-order valence-electron chi connectivity index (χ3n) is 3.07. The van der Waals surface area contributed by atoms with E-state index in [-0.39, 0.29) is 4.58 Å². The van der Waals surface area contributed by atoms with E-state index in [4.69, 9.17) is 5.11 Å². The van der Waals surface area contributed by atoms with Gasteiger partial charge in [-0.3, -0.25) is 0 Å². The standard InChI is InChI=1S/C9H22Si.C6H6O.C2H6S2/c1-7(2)10(8(3)4)9(5)6;7-6-4-2-1-3-5-6;1-2(3)4/h7-10H,1-6H3;1-5,7H;2-4H,1H3. The van der Waals surface area contributed by atoms with Gasteiger partial charge >= 0.3 is 0 Å². The van der Waals surface area contributed by atoms with Gasteiger partial charge in [-0.1, -0.05) is 76.4 Å². The number of phenolic OH excluding ortho intramolecular Hbond substituents is 1. The molecule has 0 bridgehead atoms. The highest BCUT2D eigenvalue weighted by Crippen LogP contribution is 2.28. The second kappa shape index (κ2) is 13.6. The molecule has 124 valence electrons. The lowest BCUT2D eigenvalue weighted by molar-refractivity contribution is 0.475. The second-order valence-corrected chi connectivity index (χ2v) is 13.4. The van der Waals surface area contributed by atoms with E-state index in [9.17, 15) is 0 Å². The Morgan fingerprint density at radius 1 is 0.762 bits per heavy atom. The van der Waals surface area contributed by atoms with Crippen molar-refractivity contribution in [3.05, 3.63) is 30.3 Å². The molecule has 0 unspecified atom stereocenters. The summed E-state index contributed by atoms with van der Waals surface area (Å²) in [5.74, 6) is 0.322. The van der Waals surface area contributed by atoms with Gasteiger partial charge in [0.25, 0.3) is 0 Å². The summed E-state index contributed by atoms with van der Waals surface area (Å²) in [6.07, 6.45) is 0. The molecule has 0 saturated heterocycles. The smallest absolute Gasteiger partial charge is 0.115 e. The molecule has 0 amide bonds. The van der Waals surface area contributed by atoms with Crippen LogP contribution in [-0.4, -0.2) is 18.5 Å². The van der Waals surface area contributed by atoms with Gasteiger partial charge in [0.2, 0.25) is 0 Å². The highest BCUT2D eigenvalue weighted by atomic mass is 32.2. The molecule has 0 radical (unpaired) electrons. The molecule has 1 nitrogen and oxygen atoms in total. The van der Waals surface area contributed by atoms with E-state index >= 15 is 0 Å². The largest absolute Gasteiger partial charge is 0.508 e. The number of hydrogen-bond donors (Lipinski definition) is 3. The third kappa shape index (κ3) is 16.1. The summed E-state index contributed by atoms with van der Waals surface area (Å²) >= 11 is 7.66. The number of thiol groups is 2. The normalized spacial score (nSPS) is 10.6. The molecular formula is C17H34OS2Si. The summed E-state index contributed by atoms with van der Waals surface area (Å²) in [7, 11) is -0.454. The molecule has 0 atom stereocenters. The van der Waals surface area contributed by atoms with E-state index in [2.05, 4.69) is 66.8 Å². The first kappa shape index (κ1) is 23.2. The topological polar surface area (TPSA) is 20.2 Å². The molecule has 0 aliphatic rings. The van der Waals surface area contributed by atoms with Crippen LogP contribution in [0.1, 0.15) is 48.5 Å². The molecule has 1 N–H and O–H groups in total. The minimum absolute atomic E-state index is 0.222. The Balaban J connectivity index is 0. The number of para-hydroxylation sites is 1. The molecule has 1 rings (SSSR count). The van der Waals surface area contributed by atoms with Crippen LogP contribution in [0.5, 0.6) is 5.75 Å². The molecule has 0 saturated carbocycles. The molecule has 0 heterocycles. The quantitative estimate of drug-likeness (QED) is 0.347. The van der Waals surface area contributed by atoms with Gasteiger partial charge in [-0.15, -0.1) is 0 Å². The summed E-state index contributed by atoms with van der Waals surface area (Å²) in [5, 5.41) is 8.63. The molecule has 1 aromatic rings. The summed E-state index contributed by atoms with van der Waals surface area (Å²) in [6, 6.07) is 8.71. The zero-order valence-corrected chi connectivity index (χ0v) is 17.6. The Kier molecular flexibility index (Phi) is 15.0. The number of phenols is 1. The van der Waals surface area contributed by atoms with Crippen LogP contribution in [0.25, 0.3) is 0 Å². The van der Waals surface area contributed by atoms with E-state index in [0.29, 0.717) is 5.75 Å². The first-order chi connectivity index (χ1) is 9.59. The van der Waals surface area contributed by atoms with Crippen molar-refractivity contribution in [2.75, 3.05) is 0 Å². The van der Waals surface area contributed by atoms with Crippen LogP contribution in [0.2, 0.25) is 16.6 Å². The Labute approximate surface area is 145 Å². The first-order valence-electron chi connectivity index (χ1n) is 7.69. The summed E-state index contributed by atoms with van der Waals surface area (Å²) < 4.78 is 0.222. The summed E-state index contributed by atoms with van der Waals surface area (Å²) in [6.45, 7) is 16.2. The third-order valence-corrected chi connectivity index (χ3v) is 7.68. The van der Waals surface area contributed by atoms with Crippen LogP contribution < -0.4 is 0 Å². The minimum atomic E-state index is -0.454. The van der Waals surface area contributed by atoms with Gasteiger partial charge in [0.15, 0.2) is 0 Å². The molecular weight excluding hydrogens is 312 g/mol. The van der Waals surface area contributed by atoms with Crippen molar-refractivity contribution < 1.29 is 5.11 Å². The van der Waals surface area contributed by atoms with Crippen molar-refractivity contribution in [2.24, 2.45) is 0 Å². The average molecular weight is 347 g/mol. The molecule has 21 heavy (non-hydrogen) atoms. The van der Waals surface area contributed by atoms with E-state index in [0.717, 1.165) is 16.6 Å². The van der Waals surface area contributed by atoms with Gasteiger partial charge in [-0.25, -0.2) is 0 Å². The fourth-order valence-corrected chi connectivity index (χ4v) is 7.36. The Morgan fingerprint density at radius 2 is 1.05 bits per heavy atom. The fourth-order valence-electron chi connectivity index (χ4n) is 2.74. The van der Waals surface area contributed by atoms with Crippen molar-refractivity contribution in [3.8, 4) is 5.75 Å². The zero-order chi connectivity index (χ0) is 17.0. The van der Waals surface area contributed by atoms with Crippen molar-refractivity contribution >= 4 is 34.1 Å². The molecule has 0 aliphatic heterocycles.